The molecule has 0 fully saturated rings. The van der Waals surface area contributed by atoms with E-state index in [-0.39, 0.29) is 12.0 Å². The van der Waals surface area contributed by atoms with Gasteiger partial charge in [0.05, 0.1) is 31.6 Å². The lowest BCUT2D eigenvalue weighted by Crippen LogP contribution is -2.31. The Kier molecular flexibility index (Phi) is 5.77. The molecule has 2 aromatic heterocycles. The van der Waals surface area contributed by atoms with Gasteiger partial charge in [-0.2, -0.15) is 5.10 Å². The molecule has 9 heteroatoms. The standard InChI is InChI=1S/C22H28N6O3/c1-14-18(15(2)27(4)24-14)10-11-26(3)22(29)21-19-13-31-20(12-28(19)25-23-21)16-6-8-17(30-5)9-7-16/h6-9,20H,10-13H2,1-5H3. The molecule has 1 atom stereocenters. The zero-order chi connectivity index (χ0) is 22.1. The van der Waals surface area contributed by atoms with Gasteiger partial charge >= 0.3 is 0 Å². The first kappa shape index (κ1) is 21.0. The van der Waals surface area contributed by atoms with Gasteiger partial charge in [-0.1, -0.05) is 17.3 Å². The van der Waals surface area contributed by atoms with Crippen LogP contribution in [0.15, 0.2) is 24.3 Å². The average molecular weight is 425 g/mol. The summed E-state index contributed by atoms with van der Waals surface area (Å²) in [5.74, 6) is 0.653. The minimum absolute atomic E-state index is 0.141. The number of carbonyl (C=O) groups is 1. The van der Waals surface area contributed by atoms with Gasteiger partial charge in [0.25, 0.3) is 5.91 Å². The first-order valence-corrected chi connectivity index (χ1v) is 10.3. The van der Waals surface area contributed by atoms with E-state index >= 15 is 0 Å². The van der Waals surface area contributed by atoms with Crippen LogP contribution in [0.2, 0.25) is 0 Å². The maximum absolute atomic E-state index is 13.0. The van der Waals surface area contributed by atoms with Crippen molar-refractivity contribution in [3.05, 3.63) is 58.2 Å². The Labute approximate surface area is 181 Å². The lowest BCUT2D eigenvalue weighted by Gasteiger charge is -2.25. The second-order valence-electron chi connectivity index (χ2n) is 7.89. The van der Waals surface area contributed by atoms with Crippen molar-refractivity contribution in [2.75, 3.05) is 20.7 Å². The quantitative estimate of drug-likeness (QED) is 0.603. The zero-order valence-electron chi connectivity index (χ0n) is 18.6. The minimum Gasteiger partial charge on any atom is -0.497 e. The summed E-state index contributed by atoms with van der Waals surface area (Å²) in [7, 11) is 5.37. The van der Waals surface area contributed by atoms with E-state index in [0.29, 0.717) is 25.4 Å². The summed E-state index contributed by atoms with van der Waals surface area (Å²) in [6.45, 7) is 5.42. The smallest absolute Gasteiger partial charge is 0.276 e. The molecule has 0 bridgehead atoms. The van der Waals surface area contributed by atoms with Gasteiger partial charge in [0.2, 0.25) is 0 Å². The molecular weight excluding hydrogens is 396 g/mol. The fourth-order valence-electron chi connectivity index (χ4n) is 3.94. The molecule has 0 saturated heterocycles. The molecule has 0 N–H and O–H groups in total. The van der Waals surface area contributed by atoms with Crippen LogP contribution >= 0.6 is 0 Å². The number of carbonyl (C=O) groups excluding carboxylic acids is 1. The van der Waals surface area contributed by atoms with Crippen molar-refractivity contribution < 1.29 is 14.3 Å². The van der Waals surface area contributed by atoms with E-state index in [4.69, 9.17) is 9.47 Å². The van der Waals surface area contributed by atoms with Crippen molar-refractivity contribution >= 4 is 5.91 Å². The Hall–Kier alpha value is -3.20. The Morgan fingerprint density at radius 3 is 2.68 bits per heavy atom. The second-order valence-corrected chi connectivity index (χ2v) is 7.89. The molecular formula is C22H28N6O3. The van der Waals surface area contributed by atoms with Crippen LogP contribution in [-0.2, 0) is 31.4 Å². The highest BCUT2D eigenvalue weighted by Gasteiger charge is 2.29. The number of amides is 1. The topological polar surface area (TPSA) is 87.3 Å². The Morgan fingerprint density at radius 1 is 1.29 bits per heavy atom. The predicted octanol–water partition coefficient (Wildman–Crippen LogP) is 2.22. The molecule has 1 amide bonds. The van der Waals surface area contributed by atoms with Crippen LogP contribution in [0.25, 0.3) is 0 Å². The van der Waals surface area contributed by atoms with E-state index < -0.39 is 0 Å². The zero-order valence-corrected chi connectivity index (χ0v) is 18.6. The molecule has 0 radical (unpaired) electrons. The van der Waals surface area contributed by atoms with Crippen molar-refractivity contribution in [2.24, 2.45) is 7.05 Å². The lowest BCUT2D eigenvalue weighted by atomic mass is 10.1. The Morgan fingerprint density at radius 2 is 2.03 bits per heavy atom. The number of hydrogen-bond acceptors (Lipinski definition) is 6. The fourth-order valence-corrected chi connectivity index (χ4v) is 3.94. The third-order valence-electron chi connectivity index (χ3n) is 5.99. The number of likely N-dealkylation sites (N-methyl/N-ethyl adjacent to an activating group) is 1. The number of ether oxygens (including phenoxy) is 2. The SMILES string of the molecule is COc1ccc(C2Cn3nnc(C(=O)N(C)CCc4c(C)nn(C)c4C)c3CO2)cc1. The van der Waals surface area contributed by atoms with Gasteiger partial charge in [-0.3, -0.25) is 9.48 Å². The van der Waals surface area contributed by atoms with Crippen molar-refractivity contribution in [3.63, 3.8) is 0 Å². The van der Waals surface area contributed by atoms with E-state index in [9.17, 15) is 4.79 Å². The van der Waals surface area contributed by atoms with E-state index in [1.807, 2.05) is 49.8 Å². The molecule has 1 unspecified atom stereocenters. The Balaban J connectivity index is 1.43. The predicted molar refractivity (Wildman–Crippen MR) is 114 cm³/mol. The van der Waals surface area contributed by atoms with Crippen LogP contribution in [0.5, 0.6) is 5.75 Å². The molecule has 1 aliphatic rings. The van der Waals surface area contributed by atoms with Crippen molar-refractivity contribution in [1.82, 2.24) is 29.7 Å². The summed E-state index contributed by atoms with van der Waals surface area (Å²) < 4.78 is 14.9. The molecule has 31 heavy (non-hydrogen) atoms. The molecule has 0 saturated carbocycles. The molecule has 1 aromatic carbocycles. The third-order valence-corrected chi connectivity index (χ3v) is 5.99. The normalized spacial score (nSPS) is 15.6. The maximum Gasteiger partial charge on any atom is 0.276 e. The highest BCUT2D eigenvalue weighted by Crippen LogP contribution is 2.28. The monoisotopic (exact) mass is 424 g/mol. The molecule has 0 aliphatic carbocycles. The highest BCUT2D eigenvalue weighted by atomic mass is 16.5. The third kappa shape index (κ3) is 4.05. The number of aryl methyl sites for hydroxylation is 2. The van der Waals surface area contributed by atoms with E-state index in [1.54, 1.807) is 23.7 Å². The molecule has 0 spiro atoms. The summed E-state index contributed by atoms with van der Waals surface area (Å²) in [6.07, 6.45) is 0.602. The number of methoxy groups -OCH3 is 1. The first-order chi connectivity index (χ1) is 14.9. The minimum atomic E-state index is -0.146. The average Bonchev–Trinajstić information content (AvgIpc) is 3.31. The number of fused-ring (bicyclic) bond motifs is 1. The van der Waals surface area contributed by atoms with Gasteiger partial charge in [0, 0.05) is 26.3 Å². The van der Waals surface area contributed by atoms with Gasteiger partial charge in [-0.25, -0.2) is 4.68 Å². The van der Waals surface area contributed by atoms with Gasteiger partial charge in [-0.05, 0) is 43.5 Å². The molecule has 164 valence electrons. The molecule has 3 aromatic rings. The van der Waals surface area contributed by atoms with Gasteiger partial charge in [0.15, 0.2) is 5.69 Å². The fraction of sp³-hybridized carbons (Fsp3) is 0.455. The van der Waals surface area contributed by atoms with Crippen LogP contribution in [0, 0.1) is 13.8 Å². The number of hydrogen-bond donors (Lipinski definition) is 0. The Bertz CT molecular complexity index is 1090. The van der Waals surface area contributed by atoms with Crippen LogP contribution < -0.4 is 4.74 Å². The summed E-state index contributed by atoms with van der Waals surface area (Å²) in [5, 5.41) is 12.8. The molecule has 1 aliphatic heterocycles. The maximum atomic E-state index is 13.0. The molecule has 3 heterocycles. The van der Waals surface area contributed by atoms with Crippen LogP contribution in [-0.4, -0.2) is 56.3 Å². The summed E-state index contributed by atoms with van der Waals surface area (Å²) in [6, 6.07) is 7.78. The second kappa shape index (κ2) is 8.50. The molecule has 9 nitrogen and oxygen atoms in total. The van der Waals surface area contributed by atoms with Gasteiger partial charge in [0.1, 0.15) is 11.9 Å². The van der Waals surface area contributed by atoms with Crippen molar-refractivity contribution in [3.8, 4) is 5.75 Å². The van der Waals surface area contributed by atoms with Gasteiger partial charge < -0.3 is 14.4 Å². The summed E-state index contributed by atoms with van der Waals surface area (Å²) >= 11 is 0. The lowest BCUT2D eigenvalue weighted by molar-refractivity contribution is -0.00193. The van der Waals surface area contributed by atoms with E-state index in [0.717, 1.165) is 34.8 Å². The van der Waals surface area contributed by atoms with E-state index in [1.165, 1.54) is 5.56 Å². The number of rotatable bonds is 6. The number of nitrogens with zero attached hydrogens (tertiary/aromatic N) is 6. The number of benzene rings is 1. The first-order valence-electron chi connectivity index (χ1n) is 10.3. The largest absolute Gasteiger partial charge is 0.497 e. The van der Waals surface area contributed by atoms with Crippen molar-refractivity contribution in [1.29, 1.82) is 0 Å². The van der Waals surface area contributed by atoms with E-state index in [2.05, 4.69) is 15.4 Å². The number of aromatic nitrogens is 5. The van der Waals surface area contributed by atoms with Crippen LogP contribution in [0.4, 0.5) is 0 Å². The summed E-state index contributed by atoms with van der Waals surface area (Å²) in [5.41, 5.74) is 5.41. The highest BCUT2D eigenvalue weighted by molar-refractivity contribution is 5.93. The van der Waals surface area contributed by atoms with Crippen LogP contribution in [0.1, 0.15) is 44.8 Å². The van der Waals surface area contributed by atoms with Gasteiger partial charge in [-0.15, -0.1) is 5.10 Å². The van der Waals surface area contributed by atoms with Crippen molar-refractivity contribution in [2.45, 2.75) is 39.5 Å². The molecule has 4 rings (SSSR count). The van der Waals surface area contributed by atoms with Crippen LogP contribution in [0.3, 0.4) is 0 Å². The summed E-state index contributed by atoms with van der Waals surface area (Å²) in [4.78, 5) is 14.7.